The van der Waals surface area contributed by atoms with Crippen molar-refractivity contribution in [3.8, 4) is 5.69 Å². The first-order chi connectivity index (χ1) is 13.5. The van der Waals surface area contributed by atoms with Gasteiger partial charge in [-0.1, -0.05) is 29.0 Å². The van der Waals surface area contributed by atoms with Crippen molar-refractivity contribution in [3.63, 3.8) is 0 Å². The highest BCUT2D eigenvalue weighted by Gasteiger charge is 2.16. The van der Waals surface area contributed by atoms with Crippen molar-refractivity contribution >= 4 is 39.6 Å². The van der Waals surface area contributed by atoms with Crippen LogP contribution in [0, 0.1) is 17.8 Å². The Bertz CT molecular complexity index is 1320. The molecule has 0 bridgehead atoms. The lowest BCUT2D eigenvalue weighted by Gasteiger charge is -2.08. The van der Waals surface area contributed by atoms with Gasteiger partial charge in [-0.15, -0.1) is 0 Å². The van der Waals surface area contributed by atoms with Crippen LogP contribution in [0.25, 0.3) is 16.0 Å². The predicted molar refractivity (Wildman–Crippen MR) is 115 cm³/mol. The van der Waals surface area contributed by atoms with E-state index < -0.39 is 0 Å². The van der Waals surface area contributed by atoms with E-state index in [1.165, 1.54) is 16.0 Å². The van der Waals surface area contributed by atoms with Crippen LogP contribution in [0.2, 0.25) is 0 Å². The minimum Gasteiger partial charge on any atom is -0.275 e. The summed E-state index contributed by atoms with van der Waals surface area (Å²) in [6.07, 6.45) is 3.39. The number of aromatic nitrogens is 4. The Balaban J connectivity index is 1.92. The molecule has 0 atom stereocenters. The van der Waals surface area contributed by atoms with Gasteiger partial charge in [0.05, 0.1) is 5.71 Å². The van der Waals surface area contributed by atoms with Gasteiger partial charge in [0.2, 0.25) is 0 Å². The molecule has 0 amide bonds. The molecule has 28 heavy (non-hydrogen) atoms. The topological polar surface area (TPSA) is 65.1 Å². The first-order valence-corrected chi connectivity index (χ1v) is 9.86. The molecule has 0 radical (unpaired) electrons. The highest BCUT2D eigenvalue weighted by atomic mass is 32.1. The third-order valence-electron chi connectivity index (χ3n) is 4.39. The van der Waals surface area contributed by atoms with Crippen molar-refractivity contribution in [2.45, 2.75) is 20.8 Å². The van der Waals surface area contributed by atoms with Gasteiger partial charge in [0, 0.05) is 23.6 Å². The lowest BCUT2D eigenvalue weighted by molar-refractivity contribution is 0.763. The van der Waals surface area contributed by atoms with E-state index >= 15 is 0 Å². The number of nitrogens with zero attached hydrogens (tertiary/aromatic N) is 5. The van der Waals surface area contributed by atoms with Crippen LogP contribution in [0.1, 0.15) is 23.9 Å². The van der Waals surface area contributed by atoms with Crippen molar-refractivity contribution in [1.29, 1.82) is 0 Å². The molecule has 0 aliphatic heterocycles. The summed E-state index contributed by atoms with van der Waals surface area (Å²) in [4.78, 5) is 21.8. The number of hydrogen-bond donors (Lipinski definition) is 0. The van der Waals surface area contributed by atoms with Gasteiger partial charge in [0.15, 0.2) is 9.60 Å². The van der Waals surface area contributed by atoms with Gasteiger partial charge in [-0.05, 0) is 57.3 Å². The number of thiazole rings is 1. The molecule has 0 N–H and O–H groups in total. The summed E-state index contributed by atoms with van der Waals surface area (Å²) in [5, 5.41) is 4.50. The van der Waals surface area contributed by atoms with E-state index in [1.807, 2.05) is 54.8 Å². The first-order valence-electron chi connectivity index (χ1n) is 8.64. The van der Waals surface area contributed by atoms with Crippen molar-refractivity contribution < 1.29 is 0 Å². The average molecular weight is 408 g/mol. The molecule has 6 nitrogen and oxygen atoms in total. The van der Waals surface area contributed by atoms with E-state index in [0.29, 0.717) is 25.8 Å². The van der Waals surface area contributed by atoms with Gasteiger partial charge in [-0.25, -0.2) is 4.98 Å². The molecule has 1 aromatic carbocycles. The number of benzene rings is 1. The van der Waals surface area contributed by atoms with E-state index in [1.54, 1.807) is 19.3 Å². The van der Waals surface area contributed by atoms with E-state index in [4.69, 9.17) is 12.2 Å². The van der Waals surface area contributed by atoms with E-state index in [-0.39, 0.29) is 5.56 Å². The summed E-state index contributed by atoms with van der Waals surface area (Å²) in [5.41, 5.74) is 3.98. The molecule has 4 rings (SSSR count). The fourth-order valence-corrected chi connectivity index (χ4v) is 4.19. The molecular formula is C20H17N5OS2. The number of pyridine rings is 1. The number of aryl methyl sites for hydroxylation is 2. The van der Waals surface area contributed by atoms with E-state index in [2.05, 4.69) is 15.1 Å². The minimum absolute atomic E-state index is 0.224. The molecule has 0 aliphatic rings. The van der Waals surface area contributed by atoms with Crippen LogP contribution in [0.3, 0.4) is 0 Å². The molecule has 8 heteroatoms. The Kier molecular flexibility index (Phi) is 4.74. The molecule has 0 saturated carbocycles. The summed E-state index contributed by atoms with van der Waals surface area (Å²) >= 11 is 6.78. The molecule has 0 saturated heterocycles. The molecule has 4 aromatic rings. The van der Waals surface area contributed by atoms with Crippen LogP contribution < -0.4 is 5.56 Å². The summed E-state index contributed by atoms with van der Waals surface area (Å²) in [5.74, 6) is 0.500. The zero-order chi connectivity index (χ0) is 19.8. The van der Waals surface area contributed by atoms with Crippen LogP contribution in [0.15, 0.2) is 58.7 Å². The van der Waals surface area contributed by atoms with Gasteiger partial charge in [0.1, 0.15) is 10.5 Å². The summed E-state index contributed by atoms with van der Waals surface area (Å²) in [6, 6.07) is 11.7. The molecule has 0 aliphatic carbocycles. The zero-order valence-electron chi connectivity index (χ0n) is 15.6. The third-order valence-corrected chi connectivity index (χ3v) is 5.74. The second-order valence-electron chi connectivity index (χ2n) is 6.39. The summed E-state index contributed by atoms with van der Waals surface area (Å²) < 4.78 is 4.24. The Morgan fingerprint density at radius 2 is 1.79 bits per heavy atom. The Labute approximate surface area is 170 Å². The highest BCUT2D eigenvalue weighted by molar-refractivity contribution is 7.73. The second-order valence-corrected chi connectivity index (χ2v) is 8.03. The standard InChI is InChI=1S/C20H17N5OS2/c1-12-4-6-16(7-5-12)24-18-17(28-20(24)27)19(26)25(14(3)22-18)23-13(2)15-8-10-21-11-9-15/h4-11H,1-3H3/b23-13+. The monoisotopic (exact) mass is 407 g/mol. The molecule has 0 fully saturated rings. The molecule has 0 unspecified atom stereocenters. The maximum absolute atomic E-state index is 13.1. The van der Waals surface area contributed by atoms with Crippen molar-refractivity contribution in [2.75, 3.05) is 0 Å². The smallest absolute Gasteiger partial charge is 0.275 e. The molecule has 0 spiro atoms. The molecule has 3 aromatic heterocycles. The van der Waals surface area contributed by atoms with Crippen LogP contribution in [-0.4, -0.2) is 24.9 Å². The minimum atomic E-state index is -0.224. The molecular weight excluding hydrogens is 390 g/mol. The lowest BCUT2D eigenvalue weighted by atomic mass is 10.2. The zero-order valence-corrected chi connectivity index (χ0v) is 17.2. The maximum Gasteiger partial charge on any atom is 0.293 e. The van der Waals surface area contributed by atoms with E-state index in [9.17, 15) is 4.79 Å². The summed E-state index contributed by atoms with van der Waals surface area (Å²) in [6.45, 7) is 5.65. The lowest BCUT2D eigenvalue weighted by Crippen LogP contribution is -2.21. The van der Waals surface area contributed by atoms with Crippen LogP contribution in [0.4, 0.5) is 0 Å². The molecule has 140 valence electrons. The van der Waals surface area contributed by atoms with Gasteiger partial charge >= 0.3 is 0 Å². The SMILES string of the molecule is C/C(=N\n1c(C)nc2c(sc(=S)n2-c2ccc(C)cc2)c1=O)c1ccncc1. The Hall–Kier alpha value is -2.97. The third kappa shape index (κ3) is 3.21. The molecule has 3 heterocycles. The van der Waals surface area contributed by atoms with Crippen molar-refractivity contribution in [2.24, 2.45) is 5.10 Å². The Morgan fingerprint density at radius 3 is 2.46 bits per heavy atom. The van der Waals surface area contributed by atoms with Crippen LogP contribution in [0.5, 0.6) is 0 Å². The van der Waals surface area contributed by atoms with Gasteiger partial charge in [-0.3, -0.25) is 14.3 Å². The van der Waals surface area contributed by atoms with Gasteiger partial charge < -0.3 is 0 Å². The predicted octanol–water partition coefficient (Wildman–Crippen LogP) is 4.26. The van der Waals surface area contributed by atoms with Crippen LogP contribution >= 0.6 is 23.6 Å². The second kappa shape index (κ2) is 7.21. The van der Waals surface area contributed by atoms with Gasteiger partial charge in [-0.2, -0.15) is 9.78 Å². The average Bonchev–Trinajstić information content (AvgIpc) is 3.02. The maximum atomic E-state index is 13.1. The first kappa shape index (κ1) is 18.4. The number of fused-ring (bicyclic) bond motifs is 1. The quantitative estimate of drug-likeness (QED) is 0.376. The fourth-order valence-electron chi connectivity index (χ4n) is 2.89. The number of hydrogen-bond acceptors (Lipinski definition) is 6. The van der Waals surface area contributed by atoms with E-state index in [0.717, 1.165) is 16.8 Å². The highest BCUT2D eigenvalue weighted by Crippen LogP contribution is 2.23. The number of rotatable bonds is 3. The normalized spacial score (nSPS) is 11.9. The van der Waals surface area contributed by atoms with Crippen LogP contribution in [-0.2, 0) is 0 Å². The van der Waals surface area contributed by atoms with Gasteiger partial charge in [0.25, 0.3) is 5.56 Å². The van der Waals surface area contributed by atoms with Crippen molar-refractivity contribution in [1.82, 2.24) is 19.2 Å². The van der Waals surface area contributed by atoms with Crippen molar-refractivity contribution in [3.05, 3.63) is 80.1 Å². The summed E-state index contributed by atoms with van der Waals surface area (Å²) in [7, 11) is 0. The largest absolute Gasteiger partial charge is 0.293 e. The Morgan fingerprint density at radius 1 is 1.11 bits per heavy atom. The fraction of sp³-hybridized carbons (Fsp3) is 0.150.